The zero-order valence-corrected chi connectivity index (χ0v) is 15.5. The molecule has 0 radical (unpaired) electrons. The summed E-state index contributed by atoms with van der Waals surface area (Å²) in [6, 6.07) is 8.24. The van der Waals surface area contributed by atoms with Gasteiger partial charge in [-0.05, 0) is 73.6 Å². The summed E-state index contributed by atoms with van der Waals surface area (Å²) in [5.74, 6) is 5.26. The van der Waals surface area contributed by atoms with Crippen LogP contribution in [0.4, 0.5) is 0 Å². The largest absolute Gasteiger partial charge is 0.493 e. The van der Waals surface area contributed by atoms with Crippen LogP contribution in [0.1, 0.15) is 65.2 Å². The number of benzene rings is 1. The Kier molecular flexibility index (Phi) is 6.45. The molecule has 134 valence electrons. The van der Waals surface area contributed by atoms with E-state index in [9.17, 15) is 0 Å². The molecule has 0 aromatic heterocycles. The van der Waals surface area contributed by atoms with Gasteiger partial charge in [0.1, 0.15) is 11.5 Å². The Morgan fingerprint density at radius 1 is 0.625 bits per heavy atom. The maximum absolute atomic E-state index is 5.99. The van der Waals surface area contributed by atoms with Gasteiger partial charge in [0, 0.05) is 0 Å². The van der Waals surface area contributed by atoms with Gasteiger partial charge in [-0.25, -0.2) is 0 Å². The van der Waals surface area contributed by atoms with E-state index in [1.165, 1.54) is 51.4 Å². The van der Waals surface area contributed by atoms with Crippen molar-refractivity contribution < 1.29 is 9.47 Å². The van der Waals surface area contributed by atoms with Crippen LogP contribution in [-0.2, 0) is 0 Å². The molecule has 0 spiro atoms. The minimum Gasteiger partial charge on any atom is -0.493 e. The SMILES string of the molecule is C[C@H]1CC[C@H](COc2ccc(OC[C@H]3CC[C@H](C)CC3)cc2)CC1. The van der Waals surface area contributed by atoms with Crippen molar-refractivity contribution in [2.75, 3.05) is 13.2 Å². The molecule has 0 heterocycles. The Morgan fingerprint density at radius 2 is 0.958 bits per heavy atom. The van der Waals surface area contributed by atoms with E-state index in [0.29, 0.717) is 0 Å². The highest BCUT2D eigenvalue weighted by Crippen LogP contribution is 2.30. The molecule has 0 atom stereocenters. The van der Waals surface area contributed by atoms with Crippen molar-refractivity contribution in [3.8, 4) is 11.5 Å². The van der Waals surface area contributed by atoms with Crippen molar-refractivity contribution in [1.29, 1.82) is 0 Å². The third kappa shape index (κ3) is 5.43. The summed E-state index contributed by atoms with van der Waals surface area (Å²) in [5.41, 5.74) is 0. The van der Waals surface area contributed by atoms with Crippen LogP contribution >= 0.6 is 0 Å². The Labute approximate surface area is 147 Å². The van der Waals surface area contributed by atoms with E-state index in [2.05, 4.69) is 38.1 Å². The van der Waals surface area contributed by atoms with E-state index < -0.39 is 0 Å². The quantitative estimate of drug-likeness (QED) is 0.627. The fourth-order valence-electron chi connectivity index (χ4n) is 4.05. The van der Waals surface area contributed by atoms with Gasteiger partial charge in [-0.2, -0.15) is 0 Å². The molecule has 0 aliphatic heterocycles. The number of hydrogen-bond donors (Lipinski definition) is 0. The van der Waals surface area contributed by atoms with Crippen molar-refractivity contribution in [3.05, 3.63) is 24.3 Å². The first kappa shape index (κ1) is 17.6. The van der Waals surface area contributed by atoms with Crippen LogP contribution in [0.3, 0.4) is 0 Å². The summed E-state index contributed by atoms with van der Waals surface area (Å²) in [4.78, 5) is 0. The molecule has 2 heteroatoms. The van der Waals surface area contributed by atoms with Gasteiger partial charge < -0.3 is 9.47 Å². The van der Waals surface area contributed by atoms with Gasteiger partial charge in [0.2, 0.25) is 0 Å². The lowest BCUT2D eigenvalue weighted by molar-refractivity contribution is 0.184. The van der Waals surface area contributed by atoms with E-state index in [0.717, 1.165) is 48.4 Å². The molecule has 0 bridgehead atoms. The highest BCUT2D eigenvalue weighted by atomic mass is 16.5. The number of ether oxygens (including phenoxy) is 2. The van der Waals surface area contributed by atoms with Gasteiger partial charge in [0.05, 0.1) is 13.2 Å². The van der Waals surface area contributed by atoms with Crippen LogP contribution in [0.5, 0.6) is 11.5 Å². The Morgan fingerprint density at radius 3 is 1.29 bits per heavy atom. The van der Waals surface area contributed by atoms with Crippen LogP contribution in [0.25, 0.3) is 0 Å². The maximum atomic E-state index is 5.99. The average molecular weight is 331 g/mol. The molecule has 0 saturated heterocycles. The van der Waals surface area contributed by atoms with Crippen LogP contribution in [0.15, 0.2) is 24.3 Å². The molecule has 2 aliphatic rings. The molecule has 2 saturated carbocycles. The molecule has 0 amide bonds. The minimum atomic E-state index is 0.741. The third-order valence-corrected chi connectivity index (χ3v) is 6.07. The van der Waals surface area contributed by atoms with Gasteiger partial charge in [0.25, 0.3) is 0 Å². The molecule has 3 rings (SSSR count). The summed E-state index contributed by atoms with van der Waals surface area (Å²) in [6.07, 6.45) is 10.7. The van der Waals surface area contributed by atoms with Gasteiger partial charge in [-0.3, -0.25) is 0 Å². The third-order valence-electron chi connectivity index (χ3n) is 6.07. The lowest BCUT2D eigenvalue weighted by atomic mass is 9.83. The summed E-state index contributed by atoms with van der Waals surface area (Å²) in [5, 5.41) is 0. The first-order valence-corrected chi connectivity index (χ1v) is 10.0. The normalized spacial score (nSPS) is 30.8. The fourth-order valence-corrected chi connectivity index (χ4v) is 4.05. The van der Waals surface area contributed by atoms with Crippen LogP contribution < -0.4 is 9.47 Å². The van der Waals surface area contributed by atoms with E-state index >= 15 is 0 Å². The Hall–Kier alpha value is -1.18. The summed E-state index contributed by atoms with van der Waals surface area (Å²) >= 11 is 0. The van der Waals surface area contributed by atoms with Gasteiger partial charge >= 0.3 is 0 Å². The predicted molar refractivity (Wildman–Crippen MR) is 99.7 cm³/mol. The molecule has 1 aromatic carbocycles. The van der Waals surface area contributed by atoms with Crippen molar-refractivity contribution in [1.82, 2.24) is 0 Å². The van der Waals surface area contributed by atoms with Gasteiger partial charge in [-0.15, -0.1) is 0 Å². The molecule has 0 unspecified atom stereocenters. The molecule has 2 fully saturated rings. The second kappa shape index (κ2) is 8.78. The van der Waals surface area contributed by atoms with E-state index in [1.54, 1.807) is 0 Å². The summed E-state index contributed by atoms with van der Waals surface area (Å²) in [7, 11) is 0. The summed E-state index contributed by atoms with van der Waals surface area (Å²) in [6.45, 7) is 6.47. The second-order valence-corrected chi connectivity index (χ2v) is 8.35. The molecular formula is C22H34O2. The highest BCUT2D eigenvalue weighted by molar-refractivity contribution is 5.31. The predicted octanol–water partition coefficient (Wildman–Crippen LogP) is 6.10. The molecule has 2 aliphatic carbocycles. The highest BCUT2D eigenvalue weighted by Gasteiger charge is 2.19. The topological polar surface area (TPSA) is 18.5 Å². The Balaban J connectivity index is 1.37. The van der Waals surface area contributed by atoms with Gasteiger partial charge in [0.15, 0.2) is 0 Å². The number of hydrogen-bond acceptors (Lipinski definition) is 2. The molecular weight excluding hydrogens is 296 g/mol. The van der Waals surface area contributed by atoms with Crippen LogP contribution in [0, 0.1) is 23.7 Å². The smallest absolute Gasteiger partial charge is 0.119 e. The first-order chi connectivity index (χ1) is 11.7. The zero-order valence-electron chi connectivity index (χ0n) is 15.5. The van der Waals surface area contributed by atoms with E-state index in [1.807, 2.05) is 0 Å². The van der Waals surface area contributed by atoms with E-state index in [4.69, 9.17) is 9.47 Å². The van der Waals surface area contributed by atoms with Crippen molar-refractivity contribution in [2.24, 2.45) is 23.7 Å². The molecule has 24 heavy (non-hydrogen) atoms. The second-order valence-electron chi connectivity index (χ2n) is 8.35. The van der Waals surface area contributed by atoms with Crippen LogP contribution in [-0.4, -0.2) is 13.2 Å². The van der Waals surface area contributed by atoms with Gasteiger partial charge in [-0.1, -0.05) is 39.5 Å². The summed E-state index contributed by atoms with van der Waals surface area (Å²) < 4.78 is 12.0. The lowest BCUT2D eigenvalue weighted by Gasteiger charge is -2.26. The maximum Gasteiger partial charge on any atom is 0.119 e. The van der Waals surface area contributed by atoms with Crippen LogP contribution in [0.2, 0.25) is 0 Å². The van der Waals surface area contributed by atoms with Crippen molar-refractivity contribution in [3.63, 3.8) is 0 Å². The standard InChI is InChI=1S/C22H34O2/c1-17-3-7-19(8-4-17)15-23-21-11-13-22(14-12-21)24-16-20-9-5-18(2)6-10-20/h11-14,17-20H,3-10,15-16H2,1-2H3/t17-,18-,19-,20-. The fraction of sp³-hybridized carbons (Fsp3) is 0.727. The zero-order chi connectivity index (χ0) is 16.8. The first-order valence-electron chi connectivity index (χ1n) is 10.0. The minimum absolute atomic E-state index is 0.741. The van der Waals surface area contributed by atoms with Crippen molar-refractivity contribution in [2.45, 2.75) is 65.2 Å². The molecule has 2 nitrogen and oxygen atoms in total. The lowest BCUT2D eigenvalue weighted by Crippen LogP contribution is -2.19. The number of rotatable bonds is 6. The average Bonchev–Trinajstić information content (AvgIpc) is 2.62. The van der Waals surface area contributed by atoms with E-state index in [-0.39, 0.29) is 0 Å². The molecule has 0 N–H and O–H groups in total. The monoisotopic (exact) mass is 330 g/mol. The molecule has 1 aromatic rings. The van der Waals surface area contributed by atoms with Crippen molar-refractivity contribution >= 4 is 0 Å². The Bertz CT molecular complexity index is 420.